The minimum atomic E-state index is -4.28. The Morgan fingerprint density at radius 2 is 1.07 bits per heavy atom. The highest BCUT2D eigenvalue weighted by atomic mass is 31.2. The Hall–Kier alpha value is -4.23. The second kappa shape index (κ2) is 16.6. The van der Waals surface area contributed by atoms with Gasteiger partial charge in [-0.15, -0.1) is 0 Å². The first-order chi connectivity index (χ1) is 21.3. The van der Waals surface area contributed by atoms with E-state index >= 15 is 0 Å². The Balaban J connectivity index is 1.60. The van der Waals surface area contributed by atoms with Gasteiger partial charge in [-0.3, -0.25) is 9.09 Å². The molecule has 0 fully saturated rings. The van der Waals surface area contributed by atoms with E-state index in [1.807, 2.05) is 121 Å². The number of amides is 1. The predicted molar refractivity (Wildman–Crippen MR) is 168 cm³/mol. The third-order valence-electron chi connectivity index (χ3n) is 6.73. The van der Waals surface area contributed by atoms with Gasteiger partial charge in [-0.2, -0.15) is 0 Å². The van der Waals surface area contributed by atoms with Crippen molar-refractivity contribution in [2.45, 2.75) is 52.0 Å². The van der Waals surface area contributed by atoms with E-state index in [9.17, 15) is 14.2 Å². The number of hydrogen-bond acceptors (Lipinski definition) is 7. The number of alkyl carbamates (subject to hydrolysis) is 1. The molecule has 8 nitrogen and oxygen atoms in total. The molecule has 1 amide bonds. The number of rotatable bonds is 15. The number of hydrogen-bond donors (Lipinski definition) is 1. The van der Waals surface area contributed by atoms with Crippen LogP contribution in [-0.2, 0) is 54.1 Å². The molecule has 9 heteroatoms. The Morgan fingerprint density at radius 1 is 0.636 bits per heavy atom. The van der Waals surface area contributed by atoms with Crippen LogP contribution in [0.5, 0.6) is 0 Å². The van der Waals surface area contributed by atoms with Crippen LogP contribution in [0.15, 0.2) is 121 Å². The maximum atomic E-state index is 14.9. The summed E-state index contributed by atoms with van der Waals surface area (Å²) in [4.78, 5) is 26.4. The normalized spacial score (nSPS) is 13.8. The first-order valence-electron chi connectivity index (χ1n) is 14.5. The van der Waals surface area contributed by atoms with Gasteiger partial charge >= 0.3 is 19.7 Å². The minimum absolute atomic E-state index is 0.0151. The second-order valence-corrected chi connectivity index (χ2v) is 12.7. The molecule has 0 aliphatic carbocycles. The summed E-state index contributed by atoms with van der Waals surface area (Å²) < 4.78 is 38.1. The largest absolute Gasteiger partial charge is 0.459 e. The van der Waals surface area contributed by atoms with Gasteiger partial charge in [0.15, 0.2) is 6.10 Å². The third-order valence-corrected chi connectivity index (χ3v) is 8.81. The number of esters is 1. The van der Waals surface area contributed by atoms with E-state index in [2.05, 4.69) is 5.32 Å². The van der Waals surface area contributed by atoms with Crippen molar-refractivity contribution in [2.24, 2.45) is 5.92 Å². The zero-order valence-corrected chi connectivity index (χ0v) is 25.8. The van der Waals surface area contributed by atoms with Crippen molar-refractivity contribution in [3.8, 4) is 0 Å². The SMILES string of the molecule is CC(C)[C@H](OP(=O)(OCc1ccccc1)C(Cc1ccccc1)NC(=O)OCc1ccccc1)C(=O)OCc1ccccc1. The van der Waals surface area contributed by atoms with E-state index in [1.54, 1.807) is 13.8 Å². The Morgan fingerprint density at radius 3 is 1.55 bits per heavy atom. The summed E-state index contributed by atoms with van der Waals surface area (Å²) in [6, 6.07) is 36.9. The Bertz CT molecular complexity index is 1490. The lowest BCUT2D eigenvalue weighted by atomic mass is 10.1. The smallest absolute Gasteiger partial charge is 0.408 e. The van der Waals surface area contributed by atoms with Crippen LogP contribution in [0.25, 0.3) is 0 Å². The van der Waals surface area contributed by atoms with E-state index < -0.39 is 37.5 Å². The Labute approximate surface area is 258 Å². The van der Waals surface area contributed by atoms with Gasteiger partial charge in [-0.25, -0.2) is 9.59 Å². The maximum absolute atomic E-state index is 14.9. The molecule has 0 radical (unpaired) electrons. The first kappa shape index (κ1) is 32.7. The zero-order chi connectivity index (χ0) is 31.2. The fraction of sp³-hybridized carbons (Fsp3) is 0.257. The highest BCUT2D eigenvalue weighted by molar-refractivity contribution is 7.54. The van der Waals surface area contributed by atoms with Gasteiger partial charge in [0.1, 0.15) is 19.0 Å². The molecular formula is C35H38NO7P. The molecule has 0 aliphatic rings. The van der Waals surface area contributed by atoms with E-state index in [0.29, 0.717) is 0 Å². The van der Waals surface area contributed by atoms with Crippen molar-refractivity contribution in [3.63, 3.8) is 0 Å². The summed E-state index contributed by atoms with van der Waals surface area (Å²) >= 11 is 0. The van der Waals surface area contributed by atoms with Crippen molar-refractivity contribution in [1.82, 2.24) is 5.32 Å². The van der Waals surface area contributed by atoms with Gasteiger partial charge in [-0.1, -0.05) is 135 Å². The highest BCUT2D eigenvalue weighted by Crippen LogP contribution is 2.55. The molecule has 4 aromatic rings. The lowest BCUT2D eigenvalue weighted by Crippen LogP contribution is -2.40. The molecule has 4 aromatic carbocycles. The average molecular weight is 616 g/mol. The number of benzene rings is 4. The number of ether oxygens (including phenoxy) is 2. The van der Waals surface area contributed by atoms with Crippen LogP contribution in [0.1, 0.15) is 36.1 Å². The first-order valence-corrected chi connectivity index (χ1v) is 16.1. The maximum Gasteiger partial charge on any atom is 0.408 e. The summed E-state index contributed by atoms with van der Waals surface area (Å²) in [7, 11) is -4.28. The molecule has 230 valence electrons. The fourth-order valence-corrected chi connectivity index (χ4v) is 6.38. The molecule has 1 N–H and O–H groups in total. The van der Waals surface area contributed by atoms with Gasteiger partial charge in [0.05, 0.1) is 6.61 Å². The molecule has 0 saturated carbocycles. The molecule has 0 aliphatic heterocycles. The fourth-order valence-electron chi connectivity index (χ4n) is 4.32. The summed E-state index contributed by atoms with van der Waals surface area (Å²) in [5.74, 6) is -2.29. The summed E-state index contributed by atoms with van der Waals surface area (Å²) in [6.45, 7) is 3.50. The van der Waals surface area contributed by atoms with E-state index in [-0.39, 0.29) is 26.2 Å². The molecule has 0 spiro atoms. The average Bonchev–Trinajstić information content (AvgIpc) is 3.06. The highest BCUT2D eigenvalue weighted by Gasteiger charge is 2.43. The van der Waals surface area contributed by atoms with Gasteiger partial charge in [0.25, 0.3) is 0 Å². The topological polar surface area (TPSA) is 100 Å². The van der Waals surface area contributed by atoms with Crippen LogP contribution in [0.3, 0.4) is 0 Å². The van der Waals surface area contributed by atoms with Gasteiger partial charge in [0, 0.05) is 6.42 Å². The van der Waals surface area contributed by atoms with Crippen LogP contribution in [0.2, 0.25) is 0 Å². The number of nitrogens with one attached hydrogen (secondary N) is 1. The van der Waals surface area contributed by atoms with Gasteiger partial charge in [0.2, 0.25) is 0 Å². The van der Waals surface area contributed by atoms with E-state index in [0.717, 1.165) is 22.3 Å². The standard InChI is InChI=1S/C35H38NO7P/c1-27(2)33(34(37)40-24-29-17-9-4-10-18-29)43-44(39,42-26-31-21-13-6-14-22-31)32(23-28-15-7-3-8-16-28)36-35(38)41-25-30-19-11-5-12-20-30/h3-22,27,32-33H,23-26H2,1-2H3,(H,36,38)/t32?,33-,44?/m0/s1. The number of carbonyl (C=O) groups is 2. The quantitative estimate of drug-likeness (QED) is 0.108. The number of carbonyl (C=O) groups excluding carboxylic acids is 2. The van der Waals surface area contributed by atoms with Gasteiger partial charge < -0.3 is 19.3 Å². The van der Waals surface area contributed by atoms with Crippen molar-refractivity contribution in [1.29, 1.82) is 0 Å². The molecule has 0 saturated heterocycles. The van der Waals surface area contributed by atoms with Crippen LogP contribution in [0, 0.1) is 5.92 Å². The van der Waals surface area contributed by atoms with Crippen molar-refractivity contribution in [2.75, 3.05) is 0 Å². The van der Waals surface area contributed by atoms with Crippen LogP contribution in [0.4, 0.5) is 4.79 Å². The monoisotopic (exact) mass is 615 g/mol. The summed E-state index contributed by atoms with van der Waals surface area (Å²) in [6.07, 6.45) is -1.94. The van der Waals surface area contributed by atoms with Crippen LogP contribution >= 0.6 is 7.60 Å². The predicted octanol–water partition coefficient (Wildman–Crippen LogP) is 7.68. The lowest BCUT2D eigenvalue weighted by Gasteiger charge is -2.31. The molecule has 44 heavy (non-hydrogen) atoms. The molecule has 0 bridgehead atoms. The summed E-state index contributed by atoms with van der Waals surface area (Å²) in [5.41, 5.74) is 3.12. The van der Waals surface area contributed by atoms with E-state index in [4.69, 9.17) is 18.5 Å². The molecule has 0 heterocycles. The van der Waals surface area contributed by atoms with Gasteiger partial charge in [-0.05, 0) is 28.2 Å². The van der Waals surface area contributed by atoms with Crippen molar-refractivity contribution in [3.05, 3.63) is 144 Å². The molecule has 4 rings (SSSR count). The Kier molecular flexibility index (Phi) is 12.3. The molecule has 0 aromatic heterocycles. The second-order valence-electron chi connectivity index (χ2n) is 10.6. The third kappa shape index (κ3) is 10.2. The lowest BCUT2D eigenvalue weighted by molar-refractivity contribution is -0.156. The minimum Gasteiger partial charge on any atom is -0.459 e. The van der Waals surface area contributed by atoms with Crippen LogP contribution < -0.4 is 5.32 Å². The molecule has 2 unspecified atom stereocenters. The zero-order valence-electron chi connectivity index (χ0n) is 24.9. The van der Waals surface area contributed by atoms with E-state index in [1.165, 1.54) is 0 Å². The van der Waals surface area contributed by atoms with Crippen LogP contribution in [-0.4, -0.2) is 23.9 Å². The summed E-state index contributed by atoms with van der Waals surface area (Å²) in [5, 5.41) is 2.73. The molecule has 3 atom stereocenters. The molecular weight excluding hydrogens is 577 g/mol. The van der Waals surface area contributed by atoms with Crippen molar-refractivity contribution < 1.29 is 32.7 Å². The van der Waals surface area contributed by atoms with Crippen molar-refractivity contribution >= 4 is 19.7 Å².